The molecule has 0 heterocycles. The molecule has 0 amide bonds. The molecule has 100 valence electrons. The third-order valence-electron chi connectivity index (χ3n) is 4.05. The quantitative estimate of drug-likeness (QED) is 0.742. The third-order valence-corrected chi connectivity index (χ3v) is 4.05. The minimum absolute atomic E-state index is 0.420. The highest BCUT2D eigenvalue weighted by Crippen LogP contribution is 2.27. The number of carbonyl (C=O) groups is 1. The molecule has 3 unspecified atom stereocenters. The van der Waals surface area contributed by atoms with Crippen LogP contribution in [-0.4, -0.2) is 48.7 Å². The van der Waals surface area contributed by atoms with Crippen LogP contribution in [0.1, 0.15) is 39.0 Å². The Hall–Kier alpha value is -0.610. The second-order valence-electron chi connectivity index (χ2n) is 5.28. The van der Waals surface area contributed by atoms with E-state index >= 15 is 0 Å². The van der Waals surface area contributed by atoms with Gasteiger partial charge >= 0.3 is 5.97 Å². The van der Waals surface area contributed by atoms with E-state index in [1.54, 1.807) is 7.05 Å². The number of aliphatic carboxylic acids is 1. The highest BCUT2D eigenvalue weighted by atomic mass is 16.4. The van der Waals surface area contributed by atoms with Crippen LogP contribution in [0.4, 0.5) is 0 Å². The van der Waals surface area contributed by atoms with E-state index in [0.717, 1.165) is 12.5 Å². The number of carboxylic acids is 1. The van der Waals surface area contributed by atoms with Gasteiger partial charge in [0, 0.05) is 12.6 Å². The summed E-state index contributed by atoms with van der Waals surface area (Å²) in [4.78, 5) is 13.2. The fraction of sp³-hybridized carbons (Fsp3) is 0.923. The van der Waals surface area contributed by atoms with Gasteiger partial charge in [-0.25, -0.2) is 0 Å². The molecule has 1 aliphatic rings. The molecule has 2 N–H and O–H groups in total. The van der Waals surface area contributed by atoms with Crippen molar-refractivity contribution in [3.05, 3.63) is 0 Å². The van der Waals surface area contributed by atoms with E-state index in [2.05, 4.69) is 24.2 Å². The molecule has 0 aromatic rings. The SMILES string of the molecule is CNC(CCN(C)C1CCCCC1C)C(=O)O. The van der Waals surface area contributed by atoms with Crippen molar-refractivity contribution in [3.8, 4) is 0 Å². The Morgan fingerprint density at radius 2 is 2.12 bits per heavy atom. The summed E-state index contributed by atoms with van der Waals surface area (Å²) in [5.74, 6) is -0.00999. The van der Waals surface area contributed by atoms with Crippen LogP contribution in [0.2, 0.25) is 0 Å². The maximum absolute atomic E-state index is 10.9. The molecule has 1 saturated carbocycles. The average molecular weight is 242 g/mol. The van der Waals surface area contributed by atoms with E-state index < -0.39 is 12.0 Å². The smallest absolute Gasteiger partial charge is 0.320 e. The highest BCUT2D eigenvalue weighted by Gasteiger charge is 2.25. The van der Waals surface area contributed by atoms with Crippen LogP contribution in [0, 0.1) is 5.92 Å². The summed E-state index contributed by atoms with van der Waals surface area (Å²) in [6.07, 6.45) is 5.90. The second kappa shape index (κ2) is 6.97. The number of nitrogens with zero attached hydrogens (tertiary/aromatic N) is 1. The number of rotatable bonds is 6. The molecule has 0 aliphatic heterocycles. The van der Waals surface area contributed by atoms with Crippen LogP contribution < -0.4 is 5.32 Å². The lowest BCUT2D eigenvalue weighted by Crippen LogP contribution is -2.43. The monoisotopic (exact) mass is 242 g/mol. The lowest BCUT2D eigenvalue weighted by atomic mass is 9.85. The molecule has 4 nitrogen and oxygen atoms in total. The van der Waals surface area contributed by atoms with Gasteiger partial charge in [-0.2, -0.15) is 0 Å². The van der Waals surface area contributed by atoms with Crippen LogP contribution in [0.3, 0.4) is 0 Å². The van der Waals surface area contributed by atoms with E-state index in [1.165, 1.54) is 25.7 Å². The number of hydrogen-bond acceptors (Lipinski definition) is 3. The van der Waals surface area contributed by atoms with Crippen molar-refractivity contribution in [2.24, 2.45) is 5.92 Å². The van der Waals surface area contributed by atoms with Crippen molar-refractivity contribution in [1.82, 2.24) is 10.2 Å². The van der Waals surface area contributed by atoms with Crippen molar-refractivity contribution < 1.29 is 9.90 Å². The molecule has 0 aromatic carbocycles. The first-order valence-electron chi connectivity index (χ1n) is 6.66. The molecular formula is C13H26N2O2. The molecular weight excluding hydrogens is 216 g/mol. The molecule has 17 heavy (non-hydrogen) atoms. The molecule has 0 spiro atoms. The van der Waals surface area contributed by atoms with Gasteiger partial charge in [0.15, 0.2) is 0 Å². The Balaban J connectivity index is 2.37. The summed E-state index contributed by atoms with van der Waals surface area (Å²) >= 11 is 0. The first-order valence-corrected chi connectivity index (χ1v) is 6.66. The zero-order valence-corrected chi connectivity index (χ0v) is 11.3. The van der Waals surface area contributed by atoms with Crippen molar-refractivity contribution in [2.75, 3.05) is 20.6 Å². The summed E-state index contributed by atoms with van der Waals surface area (Å²) in [7, 11) is 3.84. The van der Waals surface area contributed by atoms with E-state index in [1.807, 2.05) is 0 Å². The average Bonchev–Trinajstić information content (AvgIpc) is 2.29. The summed E-state index contributed by atoms with van der Waals surface area (Å²) in [5.41, 5.74) is 0. The van der Waals surface area contributed by atoms with Gasteiger partial charge in [-0.3, -0.25) is 4.79 Å². The lowest BCUT2D eigenvalue weighted by Gasteiger charge is -2.36. The minimum atomic E-state index is -0.752. The standard InChI is InChI=1S/C13H26N2O2/c1-10-6-4-5-7-12(10)15(3)9-8-11(14-2)13(16)17/h10-12,14H,4-9H2,1-3H3,(H,16,17). The number of nitrogens with one attached hydrogen (secondary N) is 1. The first kappa shape index (κ1) is 14.5. The van der Waals surface area contributed by atoms with Gasteiger partial charge < -0.3 is 15.3 Å². The summed E-state index contributed by atoms with van der Waals surface area (Å²) in [6.45, 7) is 3.17. The predicted molar refractivity (Wildman–Crippen MR) is 69.2 cm³/mol. The van der Waals surface area contributed by atoms with Crippen LogP contribution in [-0.2, 0) is 4.79 Å². The van der Waals surface area contributed by atoms with Crippen LogP contribution in [0.25, 0.3) is 0 Å². The largest absolute Gasteiger partial charge is 0.480 e. The Kier molecular flexibility index (Phi) is 5.92. The molecule has 0 radical (unpaired) electrons. The van der Waals surface area contributed by atoms with Gasteiger partial charge in [0.05, 0.1) is 0 Å². The molecule has 1 fully saturated rings. The van der Waals surface area contributed by atoms with Gasteiger partial charge in [-0.15, -0.1) is 0 Å². The van der Waals surface area contributed by atoms with Crippen molar-refractivity contribution in [2.45, 2.75) is 51.1 Å². The molecule has 3 atom stereocenters. The number of carboxylic acid groups (broad SMARTS) is 1. The molecule has 0 saturated heterocycles. The Bertz CT molecular complexity index is 246. The molecule has 4 heteroatoms. The predicted octanol–water partition coefficient (Wildman–Crippen LogP) is 1.56. The maximum atomic E-state index is 10.9. The van der Waals surface area contributed by atoms with Gasteiger partial charge in [0.25, 0.3) is 0 Å². The lowest BCUT2D eigenvalue weighted by molar-refractivity contribution is -0.139. The number of hydrogen-bond donors (Lipinski definition) is 2. The third kappa shape index (κ3) is 4.28. The normalized spacial score (nSPS) is 27.1. The van der Waals surface area contributed by atoms with Crippen molar-refractivity contribution >= 4 is 5.97 Å². The van der Waals surface area contributed by atoms with Crippen LogP contribution in [0.15, 0.2) is 0 Å². The Labute approximate surface area is 104 Å². The van der Waals surface area contributed by atoms with Crippen LogP contribution >= 0.6 is 0 Å². The fourth-order valence-electron chi connectivity index (χ4n) is 2.84. The molecule has 0 bridgehead atoms. The van der Waals surface area contributed by atoms with Gasteiger partial charge in [-0.05, 0) is 39.3 Å². The zero-order valence-electron chi connectivity index (χ0n) is 11.3. The minimum Gasteiger partial charge on any atom is -0.480 e. The van der Waals surface area contributed by atoms with Crippen molar-refractivity contribution in [1.29, 1.82) is 0 Å². The Morgan fingerprint density at radius 3 is 2.65 bits per heavy atom. The summed E-state index contributed by atoms with van der Waals surface area (Å²) in [5, 5.41) is 11.8. The Morgan fingerprint density at radius 1 is 1.47 bits per heavy atom. The summed E-state index contributed by atoms with van der Waals surface area (Å²) < 4.78 is 0. The highest BCUT2D eigenvalue weighted by molar-refractivity contribution is 5.73. The van der Waals surface area contributed by atoms with E-state index in [9.17, 15) is 4.79 Å². The topological polar surface area (TPSA) is 52.6 Å². The van der Waals surface area contributed by atoms with Gasteiger partial charge in [0.2, 0.25) is 0 Å². The molecule has 1 rings (SSSR count). The molecule has 1 aliphatic carbocycles. The zero-order chi connectivity index (χ0) is 12.8. The first-order chi connectivity index (χ1) is 8.06. The van der Waals surface area contributed by atoms with E-state index in [0.29, 0.717) is 12.5 Å². The van der Waals surface area contributed by atoms with Gasteiger partial charge in [0.1, 0.15) is 6.04 Å². The van der Waals surface area contributed by atoms with E-state index in [-0.39, 0.29) is 0 Å². The maximum Gasteiger partial charge on any atom is 0.320 e. The number of likely N-dealkylation sites (N-methyl/N-ethyl adjacent to an activating group) is 1. The summed E-state index contributed by atoms with van der Waals surface area (Å²) in [6, 6.07) is 0.214. The van der Waals surface area contributed by atoms with Crippen LogP contribution in [0.5, 0.6) is 0 Å². The van der Waals surface area contributed by atoms with Gasteiger partial charge in [-0.1, -0.05) is 19.8 Å². The van der Waals surface area contributed by atoms with E-state index in [4.69, 9.17) is 5.11 Å². The second-order valence-corrected chi connectivity index (χ2v) is 5.28. The van der Waals surface area contributed by atoms with Crippen molar-refractivity contribution in [3.63, 3.8) is 0 Å². The molecule has 0 aromatic heterocycles. The fourth-order valence-corrected chi connectivity index (χ4v) is 2.84.